The van der Waals surface area contributed by atoms with E-state index in [4.69, 9.17) is 28.8 Å². The van der Waals surface area contributed by atoms with Crippen LogP contribution in [0.15, 0.2) is 85.2 Å². The van der Waals surface area contributed by atoms with Crippen LogP contribution in [-0.4, -0.2) is 41.8 Å². The molecule has 4 atom stereocenters. The number of aromatic nitrogens is 2. The smallest absolute Gasteiger partial charge is 0.174 e. The minimum atomic E-state index is -0.141. The number of nitrogens with zero attached hydrogens (tertiary/aromatic N) is 5. The van der Waals surface area contributed by atoms with E-state index in [-0.39, 0.29) is 12.1 Å². The summed E-state index contributed by atoms with van der Waals surface area (Å²) in [7, 11) is 4.11. The number of benzene rings is 2. The zero-order chi connectivity index (χ0) is 28.7. The average molecular weight is 585 g/mol. The van der Waals surface area contributed by atoms with Gasteiger partial charge in [-0.2, -0.15) is 0 Å². The van der Waals surface area contributed by atoms with Gasteiger partial charge in [-0.3, -0.25) is 4.98 Å². The summed E-state index contributed by atoms with van der Waals surface area (Å²) in [5.41, 5.74) is 6.37. The van der Waals surface area contributed by atoms with Crippen LogP contribution in [0.25, 0.3) is 5.69 Å². The molecule has 0 spiro atoms. The maximum atomic E-state index is 7.02. The lowest BCUT2D eigenvalue weighted by Gasteiger charge is -2.37. The highest BCUT2D eigenvalue weighted by Crippen LogP contribution is 2.44. The average Bonchev–Trinajstić information content (AvgIpc) is 3.57. The maximum absolute atomic E-state index is 7.02. The number of halogens is 1. The van der Waals surface area contributed by atoms with Crippen molar-refractivity contribution in [3.05, 3.63) is 102 Å². The largest absolute Gasteiger partial charge is 0.378 e. The summed E-state index contributed by atoms with van der Waals surface area (Å²) in [4.78, 5) is 11.5. The van der Waals surface area contributed by atoms with Crippen molar-refractivity contribution >= 4 is 46.0 Å². The Hall–Kier alpha value is -3.55. The summed E-state index contributed by atoms with van der Waals surface area (Å²) in [6.45, 7) is 6.70. The van der Waals surface area contributed by atoms with E-state index >= 15 is 0 Å². The van der Waals surface area contributed by atoms with E-state index in [1.165, 1.54) is 6.42 Å². The van der Waals surface area contributed by atoms with E-state index in [0.717, 1.165) is 52.2 Å². The van der Waals surface area contributed by atoms with Gasteiger partial charge in [-0.05, 0) is 97.2 Å². The fourth-order valence-corrected chi connectivity index (χ4v) is 7.12. The first-order chi connectivity index (χ1) is 19.8. The van der Waals surface area contributed by atoms with Crippen molar-refractivity contribution in [1.29, 1.82) is 0 Å². The van der Waals surface area contributed by atoms with E-state index in [1.807, 2.05) is 18.3 Å². The summed E-state index contributed by atoms with van der Waals surface area (Å²) in [5, 5.41) is 5.00. The number of piperidine rings is 1. The molecule has 2 aliphatic heterocycles. The molecule has 6 rings (SSSR count). The third-order valence-electron chi connectivity index (χ3n) is 8.24. The van der Waals surface area contributed by atoms with Gasteiger partial charge in [0.25, 0.3) is 0 Å². The molecular weight excluding hydrogens is 548 g/mol. The molecule has 2 saturated heterocycles. The lowest BCUT2D eigenvalue weighted by atomic mass is 9.91. The molecule has 0 unspecified atom stereocenters. The van der Waals surface area contributed by atoms with Gasteiger partial charge in [0.05, 0.1) is 22.4 Å². The van der Waals surface area contributed by atoms with E-state index in [1.54, 1.807) is 0 Å². The van der Waals surface area contributed by atoms with Gasteiger partial charge >= 0.3 is 0 Å². The number of pyridine rings is 1. The van der Waals surface area contributed by atoms with Crippen molar-refractivity contribution in [3.63, 3.8) is 0 Å². The second-order valence-corrected chi connectivity index (χ2v) is 12.5. The lowest BCUT2D eigenvalue weighted by molar-refractivity contribution is 0.357. The molecule has 2 aromatic heterocycles. The molecule has 0 amide bonds. The zero-order valence-corrected chi connectivity index (χ0v) is 25.6. The predicted octanol–water partition coefficient (Wildman–Crippen LogP) is 7.25. The molecule has 0 bridgehead atoms. The Labute approximate surface area is 253 Å². The highest BCUT2D eigenvalue weighted by molar-refractivity contribution is 7.80. The Bertz CT molecular complexity index is 1510. The molecule has 8 heteroatoms. The van der Waals surface area contributed by atoms with Crippen molar-refractivity contribution in [2.24, 2.45) is 11.8 Å². The van der Waals surface area contributed by atoms with Crippen LogP contribution < -0.4 is 20.0 Å². The second kappa shape index (κ2) is 11.4. The van der Waals surface area contributed by atoms with Crippen LogP contribution in [0.2, 0.25) is 5.02 Å². The molecule has 41 heavy (non-hydrogen) atoms. The monoisotopic (exact) mass is 584 g/mol. The molecule has 6 nitrogen and oxygen atoms in total. The zero-order valence-electron chi connectivity index (χ0n) is 24.0. The van der Waals surface area contributed by atoms with Gasteiger partial charge in [0.2, 0.25) is 0 Å². The van der Waals surface area contributed by atoms with Gasteiger partial charge in [-0.25, -0.2) is 0 Å². The Kier molecular flexibility index (Phi) is 7.66. The SMILES string of the molecule is C[C@H]1C[C@H](C)CN(c2ccc(N3C(=S)N[C@@H](c4ccccn4)[C@@H]3c3cccn3-c3ccc(N(C)C)cc3)cc2Cl)C1. The Balaban J connectivity index is 1.41. The van der Waals surface area contributed by atoms with Gasteiger partial charge in [0.15, 0.2) is 5.11 Å². The fourth-order valence-electron chi connectivity index (χ4n) is 6.48. The van der Waals surface area contributed by atoms with Crippen molar-refractivity contribution in [2.75, 3.05) is 41.9 Å². The van der Waals surface area contributed by atoms with Crippen LogP contribution >= 0.6 is 23.8 Å². The molecular formula is C33H37ClN6S. The van der Waals surface area contributed by atoms with E-state index < -0.39 is 0 Å². The number of nitrogens with one attached hydrogen (secondary N) is 1. The third-order valence-corrected chi connectivity index (χ3v) is 8.86. The second-order valence-electron chi connectivity index (χ2n) is 11.7. The van der Waals surface area contributed by atoms with Gasteiger partial charge in [-0.15, -0.1) is 0 Å². The standard InChI is InChI=1S/C33H37ClN6S/c1-22-18-23(2)21-38(20-22)29-15-14-26(19-27(29)34)40-32(31(36-33(40)41)28-8-5-6-16-35-28)30-9-7-17-39(30)25-12-10-24(11-13-25)37(3)4/h5-17,19,22-23,31-32H,18,20-21H2,1-4H3,(H,36,41)/t22-,23-,31-,32-/m0/s1. The molecule has 0 saturated carbocycles. The van der Waals surface area contributed by atoms with Gasteiger partial charge in [0.1, 0.15) is 6.04 Å². The first kappa shape index (κ1) is 27.6. The molecule has 4 aromatic rings. The molecule has 4 heterocycles. The van der Waals surface area contributed by atoms with Crippen molar-refractivity contribution < 1.29 is 0 Å². The molecule has 1 N–H and O–H groups in total. The van der Waals surface area contributed by atoms with Crippen LogP contribution in [0.4, 0.5) is 17.1 Å². The summed E-state index contributed by atoms with van der Waals surface area (Å²) in [6.07, 6.45) is 5.21. The highest BCUT2D eigenvalue weighted by Gasteiger charge is 2.42. The fraction of sp³-hybridized carbons (Fsp3) is 0.333. The van der Waals surface area contributed by atoms with Crippen LogP contribution in [0, 0.1) is 11.8 Å². The van der Waals surface area contributed by atoms with Crippen LogP contribution in [0.5, 0.6) is 0 Å². The van der Waals surface area contributed by atoms with E-state index in [9.17, 15) is 0 Å². The Morgan fingerprint density at radius 2 is 1.66 bits per heavy atom. The predicted molar refractivity (Wildman–Crippen MR) is 175 cm³/mol. The maximum Gasteiger partial charge on any atom is 0.174 e. The number of anilines is 3. The van der Waals surface area contributed by atoms with Crippen LogP contribution in [0.3, 0.4) is 0 Å². The Morgan fingerprint density at radius 3 is 2.32 bits per heavy atom. The summed E-state index contributed by atoms with van der Waals surface area (Å²) in [6, 6.07) is 25.0. The number of thiocarbonyl (C=S) groups is 1. The summed E-state index contributed by atoms with van der Waals surface area (Å²) >= 11 is 13.0. The summed E-state index contributed by atoms with van der Waals surface area (Å²) < 4.78 is 2.25. The van der Waals surface area contributed by atoms with Crippen molar-refractivity contribution in [1.82, 2.24) is 14.9 Å². The highest BCUT2D eigenvalue weighted by atomic mass is 35.5. The lowest BCUT2D eigenvalue weighted by Crippen LogP contribution is -2.38. The third kappa shape index (κ3) is 5.41. The molecule has 2 aromatic carbocycles. The van der Waals surface area contributed by atoms with Crippen LogP contribution in [-0.2, 0) is 0 Å². The minimum absolute atomic E-state index is 0.138. The number of hydrogen-bond acceptors (Lipinski definition) is 4. The van der Waals surface area contributed by atoms with E-state index in [2.05, 4.69) is 119 Å². The molecule has 212 valence electrons. The molecule has 2 aliphatic rings. The topological polar surface area (TPSA) is 39.6 Å². The van der Waals surface area contributed by atoms with Gasteiger partial charge < -0.3 is 24.6 Å². The first-order valence-corrected chi connectivity index (χ1v) is 15.1. The molecule has 0 radical (unpaired) electrons. The molecule has 0 aliphatic carbocycles. The van der Waals surface area contributed by atoms with E-state index in [0.29, 0.717) is 16.9 Å². The molecule has 2 fully saturated rings. The van der Waals surface area contributed by atoms with Crippen molar-refractivity contribution in [3.8, 4) is 5.69 Å². The van der Waals surface area contributed by atoms with Gasteiger partial charge in [-0.1, -0.05) is 31.5 Å². The Morgan fingerprint density at radius 1 is 0.927 bits per heavy atom. The quantitative estimate of drug-likeness (QED) is 0.241. The normalized spacial score (nSPS) is 22.6. The number of hydrogen-bond donors (Lipinski definition) is 1. The van der Waals surface area contributed by atoms with Crippen molar-refractivity contribution in [2.45, 2.75) is 32.4 Å². The summed E-state index contributed by atoms with van der Waals surface area (Å²) in [5.74, 6) is 1.29. The van der Waals surface area contributed by atoms with Gasteiger partial charge in [0, 0.05) is 62.3 Å². The van der Waals surface area contributed by atoms with Crippen LogP contribution in [0.1, 0.15) is 43.7 Å². The minimum Gasteiger partial charge on any atom is -0.378 e. The number of rotatable bonds is 6. The first-order valence-electron chi connectivity index (χ1n) is 14.3.